The summed E-state index contributed by atoms with van der Waals surface area (Å²) in [6.07, 6.45) is 3.81. The molecule has 0 aliphatic carbocycles. The summed E-state index contributed by atoms with van der Waals surface area (Å²) in [5, 5.41) is 7.11. The monoisotopic (exact) mass is 276 g/mol. The van der Waals surface area contributed by atoms with Crippen molar-refractivity contribution >= 4 is 17.8 Å². The lowest BCUT2D eigenvalue weighted by atomic mass is 10.3. The van der Waals surface area contributed by atoms with E-state index in [2.05, 4.69) is 25.4 Å². The zero-order valence-electron chi connectivity index (χ0n) is 12.5. The molecule has 1 N–H and O–H groups in total. The highest BCUT2D eigenvalue weighted by atomic mass is 15.3. The van der Waals surface area contributed by atoms with E-state index >= 15 is 0 Å². The Morgan fingerprint density at radius 1 is 1.15 bits per heavy atom. The highest BCUT2D eigenvalue weighted by Gasteiger charge is 2.12. The van der Waals surface area contributed by atoms with Crippen LogP contribution >= 0.6 is 0 Å². The maximum absolute atomic E-state index is 4.45. The van der Waals surface area contributed by atoms with E-state index in [9.17, 15) is 0 Å². The Morgan fingerprint density at radius 3 is 2.40 bits per heavy atom. The van der Waals surface area contributed by atoms with Crippen molar-refractivity contribution in [3.8, 4) is 0 Å². The third-order valence-electron chi connectivity index (χ3n) is 2.75. The number of hydrogen-bond acceptors (Lipinski definition) is 7. The van der Waals surface area contributed by atoms with Gasteiger partial charge in [0, 0.05) is 53.5 Å². The van der Waals surface area contributed by atoms with Gasteiger partial charge in [0.15, 0.2) is 0 Å². The summed E-state index contributed by atoms with van der Waals surface area (Å²) in [4.78, 5) is 16.9. The second kappa shape index (κ2) is 5.72. The Balaban J connectivity index is 2.24. The summed E-state index contributed by atoms with van der Waals surface area (Å²) in [5.41, 5.74) is 1.10. The van der Waals surface area contributed by atoms with Crippen LogP contribution in [-0.4, -0.2) is 52.9 Å². The minimum Gasteiger partial charge on any atom is -0.357 e. The first kappa shape index (κ1) is 14.0. The average molecular weight is 276 g/mol. The Hall–Kier alpha value is -2.38. The molecule has 2 heterocycles. The first-order valence-corrected chi connectivity index (χ1v) is 6.29. The van der Waals surface area contributed by atoms with Gasteiger partial charge in [-0.1, -0.05) is 0 Å². The zero-order chi connectivity index (χ0) is 14.7. The molecule has 0 saturated heterocycles. The first-order valence-electron chi connectivity index (χ1n) is 6.29. The average Bonchev–Trinajstić information content (AvgIpc) is 2.83. The lowest BCUT2D eigenvalue weighted by Crippen LogP contribution is -2.22. The van der Waals surface area contributed by atoms with Crippen LogP contribution in [0.25, 0.3) is 0 Å². The Labute approximate surface area is 118 Å². The van der Waals surface area contributed by atoms with Crippen molar-refractivity contribution in [2.24, 2.45) is 7.05 Å². The summed E-state index contributed by atoms with van der Waals surface area (Å²) in [6, 6.07) is 0. The van der Waals surface area contributed by atoms with Gasteiger partial charge in [0.25, 0.3) is 0 Å². The van der Waals surface area contributed by atoms with Crippen molar-refractivity contribution in [1.82, 2.24) is 24.7 Å². The molecular weight excluding hydrogens is 256 g/mol. The third kappa shape index (κ3) is 3.14. The molecule has 0 aliphatic heterocycles. The van der Waals surface area contributed by atoms with Gasteiger partial charge >= 0.3 is 0 Å². The molecule has 8 nitrogen and oxygen atoms in total. The Kier molecular flexibility index (Phi) is 4.02. The SMILES string of the molecule is CNc1nc(N(C)C)nc(N(C)Cc2cnn(C)c2)n1. The molecule has 2 rings (SSSR count). The molecular formula is C12H20N8. The predicted octanol–water partition coefficient (Wildman–Crippen LogP) is 0.349. The van der Waals surface area contributed by atoms with Crippen LogP contribution in [0, 0.1) is 0 Å². The van der Waals surface area contributed by atoms with E-state index < -0.39 is 0 Å². The van der Waals surface area contributed by atoms with E-state index in [4.69, 9.17) is 0 Å². The van der Waals surface area contributed by atoms with Crippen LogP contribution in [0.2, 0.25) is 0 Å². The third-order valence-corrected chi connectivity index (χ3v) is 2.75. The number of nitrogens with one attached hydrogen (secondary N) is 1. The highest BCUT2D eigenvalue weighted by Crippen LogP contribution is 2.15. The number of anilines is 3. The van der Waals surface area contributed by atoms with Crippen LogP contribution in [0.3, 0.4) is 0 Å². The molecule has 0 aromatic carbocycles. The second-order valence-corrected chi connectivity index (χ2v) is 4.78. The maximum Gasteiger partial charge on any atom is 0.232 e. The van der Waals surface area contributed by atoms with Crippen molar-refractivity contribution in [2.75, 3.05) is 43.3 Å². The molecule has 0 atom stereocenters. The molecule has 0 fully saturated rings. The van der Waals surface area contributed by atoms with Crippen LogP contribution in [0.5, 0.6) is 0 Å². The van der Waals surface area contributed by atoms with E-state index in [0.29, 0.717) is 24.4 Å². The molecule has 0 radical (unpaired) electrons. The van der Waals surface area contributed by atoms with E-state index in [-0.39, 0.29) is 0 Å². The van der Waals surface area contributed by atoms with Gasteiger partial charge in [-0.2, -0.15) is 20.1 Å². The topological polar surface area (TPSA) is 75.0 Å². The summed E-state index contributed by atoms with van der Waals surface area (Å²) in [5.74, 6) is 1.80. The molecule has 108 valence electrons. The summed E-state index contributed by atoms with van der Waals surface area (Å²) >= 11 is 0. The molecule has 0 unspecified atom stereocenters. The van der Waals surface area contributed by atoms with Crippen molar-refractivity contribution in [3.05, 3.63) is 18.0 Å². The van der Waals surface area contributed by atoms with Gasteiger partial charge in [-0.3, -0.25) is 4.68 Å². The van der Waals surface area contributed by atoms with Crippen molar-refractivity contribution < 1.29 is 0 Å². The fourth-order valence-corrected chi connectivity index (χ4v) is 1.73. The zero-order valence-corrected chi connectivity index (χ0v) is 12.5. The van der Waals surface area contributed by atoms with Gasteiger partial charge in [0.05, 0.1) is 6.20 Å². The lowest BCUT2D eigenvalue weighted by Gasteiger charge is -2.19. The Bertz CT molecular complexity index is 577. The van der Waals surface area contributed by atoms with Gasteiger partial charge in [-0.05, 0) is 0 Å². The molecule has 0 spiro atoms. The molecule has 0 aliphatic rings. The fraction of sp³-hybridized carbons (Fsp3) is 0.500. The normalized spacial score (nSPS) is 10.4. The van der Waals surface area contributed by atoms with Crippen LogP contribution in [-0.2, 0) is 13.6 Å². The van der Waals surface area contributed by atoms with Gasteiger partial charge in [-0.25, -0.2) is 0 Å². The molecule has 20 heavy (non-hydrogen) atoms. The first-order chi connectivity index (χ1) is 9.49. The van der Waals surface area contributed by atoms with Gasteiger partial charge in [-0.15, -0.1) is 0 Å². The fourth-order valence-electron chi connectivity index (χ4n) is 1.73. The number of hydrogen-bond donors (Lipinski definition) is 1. The van der Waals surface area contributed by atoms with E-state index in [0.717, 1.165) is 5.56 Å². The smallest absolute Gasteiger partial charge is 0.232 e. The van der Waals surface area contributed by atoms with E-state index in [1.165, 1.54) is 0 Å². The molecule has 2 aromatic rings. The van der Waals surface area contributed by atoms with Crippen molar-refractivity contribution in [1.29, 1.82) is 0 Å². The van der Waals surface area contributed by atoms with Gasteiger partial charge in [0.2, 0.25) is 17.8 Å². The lowest BCUT2D eigenvalue weighted by molar-refractivity contribution is 0.766. The molecule has 8 heteroatoms. The largest absolute Gasteiger partial charge is 0.357 e. The summed E-state index contributed by atoms with van der Waals surface area (Å²) < 4.78 is 1.78. The molecule has 0 bridgehead atoms. The van der Waals surface area contributed by atoms with Gasteiger partial charge < -0.3 is 15.1 Å². The number of nitrogens with zero attached hydrogens (tertiary/aromatic N) is 7. The van der Waals surface area contributed by atoms with Gasteiger partial charge in [0.1, 0.15) is 0 Å². The van der Waals surface area contributed by atoms with Crippen LogP contribution in [0.15, 0.2) is 12.4 Å². The van der Waals surface area contributed by atoms with Crippen molar-refractivity contribution in [3.63, 3.8) is 0 Å². The predicted molar refractivity (Wildman–Crippen MR) is 79.0 cm³/mol. The van der Waals surface area contributed by atoms with E-state index in [1.54, 1.807) is 11.7 Å². The quantitative estimate of drug-likeness (QED) is 0.844. The second-order valence-electron chi connectivity index (χ2n) is 4.78. The summed E-state index contributed by atoms with van der Waals surface area (Å²) in [6.45, 7) is 0.688. The minimum atomic E-state index is 0.553. The minimum absolute atomic E-state index is 0.553. The molecule has 0 saturated carbocycles. The highest BCUT2D eigenvalue weighted by molar-refractivity contribution is 5.44. The standard InChI is InChI=1S/C12H20N8/c1-13-10-15-11(18(2)3)17-12(16-10)19(4)7-9-6-14-20(5)8-9/h6,8H,7H2,1-5H3,(H,13,15,16,17). The van der Waals surface area contributed by atoms with Crippen LogP contribution in [0.4, 0.5) is 17.8 Å². The number of aromatic nitrogens is 5. The van der Waals surface area contributed by atoms with Crippen LogP contribution in [0.1, 0.15) is 5.56 Å². The maximum atomic E-state index is 4.45. The Morgan fingerprint density at radius 2 is 1.85 bits per heavy atom. The summed E-state index contributed by atoms with van der Waals surface area (Å²) in [7, 11) is 9.44. The van der Waals surface area contributed by atoms with Crippen molar-refractivity contribution in [2.45, 2.75) is 6.54 Å². The van der Waals surface area contributed by atoms with Crippen LogP contribution < -0.4 is 15.1 Å². The molecule has 2 aromatic heterocycles. The van der Waals surface area contributed by atoms with E-state index in [1.807, 2.05) is 50.4 Å². The number of aryl methyl sites for hydroxylation is 1. The molecule has 0 amide bonds. The number of rotatable bonds is 5.